The summed E-state index contributed by atoms with van der Waals surface area (Å²) in [5.74, 6) is -1.07. The molecule has 0 unspecified atom stereocenters. The zero-order chi connectivity index (χ0) is 19.1. The molecule has 0 spiro atoms. The van der Waals surface area contributed by atoms with Crippen LogP contribution in [0.3, 0.4) is 0 Å². The van der Waals surface area contributed by atoms with Crippen molar-refractivity contribution in [2.45, 2.75) is 33.6 Å². The zero-order valence-electron chi connectivity index (χ0n) is 15.2. The standard InChI is InChI=1S/C20H23N3O3/c1-13-8-9-17(15(3)12-13)21-18(24)10-11-19(25)22-23-20(26)16-7-5-4-6-14(16)2/h4-9,12H,10-11H2,1-3H3,(H,21,24)(H,22,25)(H,23,26). The summed E-state index contributed by atoms with van der Waals surface area (Å²) < 4.78 is 0. The van der Waals surface area contributed by atoms with Crippen LogP contribution in [0.1, 0.15) is 39.9 Å². The molecule has 0 radical (unpaired) electrons. The molecule has 2 aromatic rings. The van der Waals surface area contributed by atoms with E-state index in [0.717, 1.165) is 22.4 Å². The molecule has 0 heterocycles. The van der Waals surface area contributed by atoms with Gasteiger partial charge in [-0.1, -0.05) is 35.9 Å². The van der Waals surface area contributed by atoms with Gasteiger partial charge in [0.1, 0.15) is 0 Å². The highest BCUT2D eigenvalue weighted by Gasteiger charge is 2.11. The van der Waals surface area contributed by atoms with Gasteiger partial charge in [-0.15, -0.1) is 0 Å². The maximum absolute atomic E-state index is 12.0. The number of aryl methyl sites for hydroxylation is 3. The van der Waals surface area contributed by atoms with Crippen LogP contribution in [-0.4, -0.2) is 17.7 Å². The second kappa shape index (κ2) is 8.80. The summed E-state index contributed by atoms with van der Waals surface area (Å²) in [5, 5.41) is 2.78. The van der Waals surface area contributed by atoms with E-state index in [9.17, 15) is 14.4 Å². The third-order valence-corrected chi connectivity index (χ3v) is 3.94. The summed E-state index contributed by atoms with van der Waals surface area (Å²) in [6, 6.07) is 12.8. The van der Waals surface area contributed by atoms with Crippen molar-refractivity contribution in [1.29, 1.82) is 0 Å². The van der Waals surface area contributed by atoms with E-state index < -0.39 is 11.8 Å². The van der Waals surface area contributed by atoms with Gasteiger partial charge in [-0.25, -0.2) is 0 Å². The van der Waals surface area contributed by atoms with Crippen LogP contribution in [0.4, 0.5) is 5.69 Å². The number of hydrogen-bond acceptors (Lipinski definition) is 3. The molecule has 0 atom stereocenters. The van der Waals surface area contributed by atoms with E-state index in [-0.39, 0.29) is 18.7 Å². The molecule has 0 aliphatic rings. The number of carbonyl (C=O) groups excluding carboxylic acids is 3. The monoisotopic (exact) mass is 353 g/mol. The predicted octanol–water partition coefficient (Wildman–Crippen LogP) is 2.79. The first-order valence-electron chi connectivity index (χ1n) is 8.38. The van der Waals surface area contributed by atoms with Gasteiger partial charge in [-0.3, -0.25) is 25.2 Å². The van der Waals surface area contributed by atoms with Gasteiger partial charge in [0.05, 0.1) is 0 Å². The Kier molecular flexibility index (Phi) is 6.49. The molecule has 3 amide bonds. The normalized spacial score (nSPS) is 10.1. The van der Waals surface area contributed by atoms with E-state index in [1.165, 1.54) is 0 Å². The Balaban J connectivity index is 1.77. The zero-order valence-corrected chi connectivity index (χ0v) is 15.2. The number of hydrogen-bond donors (Lipinski definition) is 3. The lowest BCUT2D eigenvalue weighted by Crippen LogP contribution is -2.42. The van der Waals surface area contributed by atoms with Gasteiger partial charge in [0.2, 0.25) is 11.8 Å². The molecule has 136 valence electrons. The highest BCUT2D eigenvalue weighted by atomic mass is 16.2. The highest BCUT2D eigenvalue weighted by Crippen LogP contribution is 2.16. The van der Waals surface area contributed by atoms with Gasteiger partial charge < -0.3 is 5.32 Å². The summed E-state index contributed by atoms with van der Waals surface area (Å²) >= 11 is 0. The minimum absolute atomic E-state index is 0.0230. The number of hydrazine groups is 1. The number of amides is 3. The Bertz CT molecular complexity index is 831. The number of benzene rings is 2. The fraction of sp³-hybridized carbons (Fsp3) is 0.250. The molecule has 0 saturated carbocycles. The van der Waals surface area contributed by atoms with Crippen molar-refractivity contribution in [2.24, 2.45) is 0 Å². The van der Waals surface area contributed by atoms with Crippen molar-refractivity contribution in [3.05, 3.63) is 64.7 Å². The van der Waals surface area contributed by atoms with Crippen LogP contribution in [0, 0.1) is 20.8 Å². The first-order valence-corrected chi connectivity index (χ1v) is 8.38. The van der Waals surface area contributed by atoms with Crippen LogP contribution < -0.4 is 16.2 Å². The van der Waals surface area contributed by atoms with E-state index in [2.05, 4.69) is 16.2 Å². The van der Waals surface area contributed by atoms with Gasteiger partial charge in [-0.05, 0) is 44.0 Å². The Morgan fingerprint density at radius 2 is 1.50 bits per heavy atom. The Morgan fingerprint density at radius 3 is 2.19 bits per heavy atom. The molecule has 26 heavy (non-hydrogen) atoms. The SMILES string of the molecule is Cc1ccc(NC(=O)CCC(=O)NNC(=O)c2ccccc2C)c(C)c1. The minimum atomic E-state index is -0.428. The molecule has 6 nitrogen and oxygen atoms in total. The summed E-state index contributed by atoms with van der Waals surface area (Å²) in [4.78, 5) is 35.8. The van der Waals surface area contributed by atoms with E-state index >= 15 is 0 Å². The Labute approximate surface area is 153 Å². The van der Waals surface area contributed by atoms with Crippen LogP contribution in [0.15, 0.2) is 42.5 Å². The van der Waals surface area contributed by atoms with Gasteiger partial charge in [-0.2, -0.15) is 0 Å². The molecular formula is C20H23N3O3. The molecule has 2 aromatic carbocycles. The van der Waals surface area contributed by atoms with Gasteiger partial charge in [0.25, 0.3) is 5.91 Å². The molecule has 6 heteroatoms. The maximum Gasteiger partial charge on any atom is 0.269 e. The van der Waals surface area contributed by atoms with Crippen molar-refractivity contribution < 1.29 is 14.4 Å². The van der Waals surface area contributed by atoms with Gasteiger partial charge in [0.15, 0.2) is 0 Å². The molecule has 3 N–H and O–H groups in total. The van der Waals surface area contributed by atoms with Crippen LogP contribution in [0.5, 0.6) is 0 Å². The number of carbonyl (C=O) groups is 3. The molecular weight excluding hydrogens is 330 g/mol. The molecule has 2 rings (SSSR count). The quantitative estimate of drug-likeness (QED) is 0.722. The second-order valence-corrected chi connectivity index (χ2v) is 6.18. The Morgan fingerprint density at radius 1 is 0.808 bits per heavy atom. The fourth-order valence-electron chi connectivity index (χ4n) is 2.48. The Hall–Kier alpha value is -3.15. The van der Waals surface area contributed by atoms with Crippen molar-refractivity contribution >= 4 is 23.4 Å². The van der Waals surface area contributed by atoms with Crippen molar-refractivity contribution in [3.63, 3.8) is 0 Å². The molecule has 0 saturated heterocycles. The number of nitrogens with one attached hydrogen (secondary N) is 3. The summed E-state index contributed by atoms with van der Waals surface area (Å²) in [6.07, 6.45) is 0.00415. The lowest BCUT2D eigenvalue weighted by atomic mass is 10.1. The average molecular weight is 353 g/mol. The lowest BCUT2D eigenvalue weighted by Gasteiger charge is -2.10. The predicted molar refractivity (Wildman–Crippen MR) is 101 cm³/mol. The van der Waals surface area contributed by atoms with Crippen molar-refractivity contribution in [1.82, 2.24) is 10.9 Å². The largest absolute Gasteiger partial charge is 0.326 e. The minimum Gasteiger partial charge on any atom is -0.326 e. The highest BCUT2D eigenvalue weighted by molar-refractivity contribution is 5.97. The molecule has 0 aliphatic carbocycles. The lowest BCUT2D eigenvalue weighted by molar-refractivity contribution is -0.124. The third-order valence-electron chi connectivity index (χ3n) is 3.94. The molecule has 0 aliphatic heterocycles. The average Bonchev–Trinajstić information content (AvgIpc) is 2.60. The smallest absolute Gasteiger partial charge is 0.269 e. The van der Waals surface area contributed by atoms with E-state index in [4.69, 9.17) is 0 Å². The van der Waals surface area contributed by atoms with Crippen molar-refractivity contribution in [2.75, 3.05) is 5.32 Å². The number of rotatable bonds is 5. The van der Waals surface area contributed by atoms with Gasteiger partial charge in [0, 0.05) is 24.1 Å². The first kappa shape index (κ1) is 19.2. The summed E-state index contributed by atoms with van der Waals surface area (Å²) in [5.41, 5.74) is 8.80. The van der Waals surface area contributed by atoms with Crippen molar-refractivity contribution in [3.8, 4) is 0 Å². The first-order chi connectivity index (χ1) is 12.4. The van der Waals surface area contributed by atoms with E-state index in [1.54, 1.807) is 12.1 Å². The topological polar surface area (TPSA) is 87.3 Å². The van der Waals surface area contributed by atoms with Crippen LogP contribution in [0.2, 0.25) is 0 Å². The molecule has 0 aromatic heterocycles. The fourth-order valence-corrected chi connectivity index (χ4v) is 2.48. The van der Waals surface area contributed by atoms with Crippen LogP contribution in [0.25, 0.3) is 0 Å². The number of anilines is 1. The molecule has 0 bridgehead atoms. The molecule has 0 fully saturated rings. The van der Waals surface area contributed by atoms with Crippen LogP contribution in [-0.2, 0) is 9.59 Å². The second-order valence-electron chi connectivity index (χ2n) is 6.18. The maximum atomic E-state index is 12.0. The van der Waals surface area contributed by atoms with E-state index in [0.29, 0.717) is 5.56 Å². The van der Waals surface area contributed by atoms with Gasteiger partial charge >= 0.3 is 0 Å². The third kappa shape index (κ3) is 5.44. The summed E-state index contributed by atoms with van der Waals surface area (Å²) in [6.45, 7) is 5.71. The van der Waals surface area contributed by atoms with Crippen LogP contribution >= 0.6 is 0 Å². The van der Waals surface area contributed by atoms with E-state index in [1.807, 2.05) is 51.1 Å². The summed E-state index contributed by atoms with van der Waals surface area (Å²) in [7, 11) is 0.